The minimum absolute atomic E-state index is 0.409. The SMILES string of the molecule is OB(O)c1cccc(CSCC2CCCO2)c1. The molecule has 0 amide bonds. The summed E-state index contributed by atoms with van der Waals surface area (Å²) >= 11 is 1.84. The minimum Gasteiger partial charge on any atom is -0.423 e. The molecule has 1 unspecified atom stereocenters. The van der Waals surface area contributed by atoms with E-state index in [0.29, 0.717) is 11.6 Å². The van der Waals surface area contributed by atoms with E-state index in [4.69, 9.17) is 14.8 Å². The Bertz CT molecular complexity index is 353. The van der Waals surface area contributed by atoms with E-state index in [1.54, 1.807) is 6.07 Å². The smallest absolute Gasteiger partial charge is 0.423 e. The molecule has 5 heteroatoms. The van der Waals surface area contributed by atoms with E-state index >= 15 is 0 Å². The Kier molecular flexibility index (Phi) is 4.92. The molecule has 0 spiro atoms. The van der Waals surface area contributed by atoms with E-state index in [0.717, 1.165) is 23.7 Å². The lowest BCUT2D eigenvalue weighted by Gasteiger charge is -2.09. The Morgan fingerprint density at radius 2 is 2.29 bits per heavy atom. The predicted molar refractivity (Wildman–Crippen MR) is 71.4 cm³/mol. The lowest BCUT2D eigenvalue weighted by Crippen LogP contribution is -2.29. The number of thioether (sulfide) groups is 1. The maximum Gasteiger partial charge on any atom is 0.488 e. The third-order valence-corrected chi connectivity index (χ3v) is 3.99. The highest BCUT2D eigenvalue weighted by Gasteiger charge is 2.15. The van der Waals surface area contributed by atoms with Gasteiger partial charge in [0.2, 0.25) is 0 Å². The Hall–Kier alpha value is -0.485. The van der Waals surface area contributed by atoms with Crippen LogP contribution in [0.1, 0.15) is 18.4 Å². The molecule has 0 aromatic heterocycles. The molecule has 1 heterocycles. The number of rotatable bonds is 5. The molecule has 0 bridgehead atoms. The van der Waals surface area contributed by atoms with E-state index < -0.39 is 7.12 Å². The molecule has 92 valence electrons. The molecule has 1 aromatic carbocycles. The summed E-state index contributed by atoms with van der Waals surface area (Å²) in [4.78, 5) is 0. The highest BCUT2D eigenvalue weighted by Crippen LogP contribution is 2.19. The third kappa shape index (κ3) is 4.03. The lowest BCUT2D eigenvalue weighted by atomic mass is 9.80. The molecule has 2 rings (SSSR count). The zero-order valence-electron chi connectivity index (χ0n) is 9.71. The molecule has 0 radical (unpaired) electrons. The van der Waals surface area contributed by atoms with Crippen LogP contribution < -0.4 is 5.46 Å². The van der Waals surface area contributed by atoms with Crippen molar-refractivity contribution in [3.63, 3.8) is 0 Å². The van der Waals surface area contributed by atoms with Crippen LogP contribution in [0.15, 0.2) is 24.3 Å². The van der Waals surface area contributed by atoms with Gasteiger partial charge in [-0.3, -0.25) is 0 Å². The van der Waals surface area contributed by atoms with E-state index in [1.807, 2.05) is 30.0 Å². The van der Waals surface area contributed by atoms with Gasteiger partial charge in [-0.25, -0.2) is 0 Å². The third-order valence-electron chi connectivity index (χ3n) is 2.85. The van der Waals surface area contributed by atoms with Crippen LogP contribution in [0.3, 0.4) is 0 Å². The molecule has 1 saturated heterocycles. The van der Waals surface area contributed by atoms with Crippen LogP contribution in [0.2, 0.25) is 0 Å². The average Bonchev–Trinajstić information content (AvgIpc) is 2.82. The molecule has 0 saturated carbocycles. The molecule has 17 heavy (non-hydrogen) atoms. The van der Waals surface area contributed by atoms with Crippen LogP contribution in [0.5, 0.6) is 0 Å². The Balaban J connectivity index is 1.79. The van der Waals surface area contributed by atoms with Gasteiger partial charge in [-0.05, 0) is 23.9 Å². The maximum atomic E-state index is 9.07. The monoisotopic (exact) mass is 252 g/mol. The second-order valence-electron chi connectivity index (χ2n) is 4.27. The summed E-state index contributed by atoms with van der Waals surface area (Å²) < 4.78 is 5.55. The maximum absolute atomic E-state index is 9.07. The molecule has 3 nitrogen and oxygen atoms in total. The van der Waals surface area contributed by atoms with Crippen LogP contribution in [0, 0.1) is 0 Å². The molecular formula is C12H17BO3S. The Morgan fingerprint density at radius 3 is 3.00 bits per heavy atom. The summed E-state index contributed by atoms with van der Waals surface area (Å²) in [5.41, 5.74) is 1.68. The van der Waals surface area contributed by atoms with E-state index in [-0.39, 0.29) is 0 Å². The molecule has 0 aliphatic carbocycles. The van der Waals surface area contributed by atoms with Gasteiger partial charge >= 0.3 is 7.12 Å². The van der Waals surface area contributed by atoms with Crippen molar-refractivity contribution in [1.29, 1.82) is 0 Å². The van der Waals surface area contributed by atoms with Crippen molar-refractivity contribution in [2.75, 3.05) is 12.4 Å². The van der Waals surface area contributed by atoms with Gasteiger partial charge in [0.25, 0.3) is 0 Å². The first-order valence-electron chi connectivity index (χ1n) is 5.90. The van der Waals surface area contributed by atoms with Gasteiger partial charge < -0.3 is 14.8 Å². The highest BCUT2D eigenvalue weighted by atomic mass is 32.2. The number of hydrogen-bond acceptors (Lipinski definition) is 4. The standard InChI is InChI=1S/C12H17BO3S/c14-13(15)11-4-1-3-10(7-11)8-17-9-12-5-2-6-16-12/h1,3-4,7,12,14-15H,2,5-6,8-9H2. The zero-order valence-corrected chi connectivity index (χ0v) is 10.5. The van der Waals surface area contributed by atoms with Crippen LogP contribution in [-0.2, 0) is 10.5 Å². The summed E-state index contributed by atoms with van der Waals surface area (Å²) in [5.74, 6) is 1.91. The van der Waals surface area contributed by atoms with Gasteiger partial charge in [-0.2, -0.15) is 11.8 Å². The summed E-state index contributed by atoms with van der Waals surface area (Å²) in [5, 5.41) is 18.1. The Labute approximate surface area is 106 Å². The largest absolute Gasteiger partial charge is 0.488 e. The normalized spacial score (nSPS) is 19.5. The lowest BCUT2D eigenvalue weighted by molar-refractivity contribution is 0.129. The number of benzene rings is 1. The fourth-order valence-electron chi connectivity index (χ4n) is 1.93. The summed E-state index contributed by atoms with van der Waals surface area (Å²) in [6.07, 6.45) is 2.76. The van der Waals surface area contributed by atoms with Crippen molar-refractivity contribution in [2.45, 2.75) is 24.7 Å². The minimum atomic E-state index is -1.38. The first kappa shape index (κ1) is 13.0. The second-order valence-corrected chi connectivity index (χ2v) is 5.30. The summed E-state index contributed by atoms with van der Waals surface area (Å²) in [6.45, 7) is 0.900. The molecule has 1 aliphatic heterocycles. The van der Waals surface area contributed by atoms with Crippen molar-refractivity contribution < 1.29 is 14.8 Å². The van der Waals surface area contributed by atoms with E-state index in [2.05, 4.69) is 0 Å². The van der Waals surface area contributed by atoms with Crippen molar-refractivity contribution in [3.8, 4) is 0 Å². The second kappa shape index (κ2) is 6.45. The van der Waals surface area contributed by atoms with E-state index in [9.17, 15) is 0 Å². The average molecular weight is 252 g/mol. The fraction of sp³-hybridized carbons (Fsp3) is 0.500. The van der Waals surface area contributed by atoms with Gasteiger partial charge in [-0.15, -0.1) is 0 Å². The van der Waals surface area contributed by atoms with Crippen molar-refractivity contribution >= 4 is 24.3 Å². The van der Waals surface area contributed by atoms with Crippen LogP contribution in [-0.4, -0.2) is 35.6 Å². The molecule has 1 atom stereocenters. The van der Waals surface area contributed by atoms with Crippen LogP contribution in [0.4, 0.5) is 0 Å². The number of ether oxygens (including phenoxy) is 1. The summed E-state index contributed by atoms with van der Waals surface area (Å²) in [7, 11) is -1.38. The Morgan fingerprint density at radius 1 is 1.41 bits per heavy atom. The first-order valence-corrected chi connectivity index (χ1v) is 7.05. The van der Waals surface area contributed by atoms with Crippen LogP contribution in [0.25, 0.3) is 0 Å². The molecule has 1 fully saturated rings. The first-order chi connectivity index (χ1) is 8.25. The van der Waals surface area contributed by atoms with Crippen molar-refractivity contribution in [3.05, 3.63) is 29.8 Å². The molecule has 2 N–H and O–H groups in total. The molecule has 1 aliphatic rings. The topological polar surface area (TPSA) is 49.7 Å². The van der Waals surface area contributed by atoms with Gasteiger partial charge in [0.15, 0.2) is 0 Å². The predicted octanol–water partition coefficient (Wildman–Crippen LogP) is 0.779. The molecule has 1 aromatic rings. The van der Waals surface area contributed by atoms with Crippen molar-refractivity contribution in [1.82, 2.24) is 0 Å². The van der Waals surface area contributed by atoms with Crippen molar-refractivity contribution in [2.24, 2.45) is 0 Å². The van der Waals surface area contributed by atoms with Gasteiger partial charge in [0, 0.05) is 18.1 Å². The van der Waals surface area contributed by atoms with Gasteiger partial charge in [0.05, 0.1) is 6.10 Å². The van der Waals surface area contributed by atoms with Gasteiger partial charge in [0.1, 0.15) is 0 Å². The van der Waals surface area contributed by atoms with Gasteiger partial charge in [-0.1, -0.05) is 24.3 Å². The highest BCUT2D eigenvalue weighted by molar-refractivity contribution is 7.98. The number of hydrogen-bond donors (Lipinski definition) is 2. The summed E-state index contributed by atoms with van der Waals surface area (Å²) in [6, 6.07) is 7.43. The quantitative estimate of drug-likeness (QED) is 0.760. The molecular weight excluding hydrogens is 235 g/mol. The van der Waals surface area contributed by atoms with E-state index in [1.165, 1.54) is 12.8 Å². The van der Waals surface area contributed by atoms with Crippen LogP contribution >= 0.6 is 11.8 Å². The fourth-order valence-corrected chi connectivity index (χ4v) is 2.99. The zero-order chi connectivity index (χ0) is 12.1.